The van der Waals surface area contributed by atoms with E-state index in [0.29, 0.717) is 0 Å². The molecular weight excluding hydrogens is 165 g/mol. The summed E-state index contributed by atoms with van der Waals surface area (Å²) in [7, 11) is 0. The van der Waals surface area contributed by atoms with E-state index in [2.05, 4.69) is 0 Å². The molecule has 58 valence electrons. The van der Waals surface area contributed by atoms with Crippen molar-refractivity contribution in [1.29, 1.82) is 0 Å². The van der Waals surface area contributed by atoms with Gasteiger partial charge in [0.05, 0.1) is 0 Å². The summed E-state index contributed by atoms with van der Waals surface area (Å²) < 4.78 is 34.9. The van der Waals surface area contributed by atoms with E-state index >= 15 is 0 Å². The summed E-state index contributed by atoms with van der Waals surface area (Å²) in [5.41, 5.74) is 0. The second-order valence-electron chi connectivity index (χ2n) is 2.35. The zero-order chi connectivity index (χ0) is 7.78. The molecule has 1 fully saturated rings. The van der Waals surface area contributed by atoms with Crippen molar-refractivity contribution in [3.8, 4) is 0 Å². The predicted octanol–water partition coefficient (Wildman–Crippen LogP) is 3.08. The van der Waals surface area contributed by atoms with Crippen LogP contribution in [0.25, 0.3) is 0 Å². The topological polar surface area (TPSA) is 0 Å². The molecule has 0 saturated heterocycles. The molecule has 0 N–H and O–H groups in total. The molecule has 1 saturated carbocycles. The van der Waals surface area contributed by atoms with Crippen LogP contribution in [0, 0.1) is 5.92 Å². The molecule has 1 aliphatic rings. The van der Waals surface area contributed by atoms with Crippen molar-refractivity contribution in [2.24, 2.45) is 5.92 Å². The van der Waals surface area contributed by atoms with E-state index in [1.807, 2.05) is 0 Å². The molecule has 0 heterocycles. The first-order valence-electron chi connectivity index (χ1n) is 2.94. The molecule has 0 nitrogen and oxygen atoms in total. The van der Waals surface area contributed by atoms with Crippen molar-refractivity contribution in [3.05, 3.63) is 11.1 Å². The number of halogens is 4. The molecule has 0 aromatic rings. The summed E-state index contributed by atoms with van der Waals surface area (Å²) >= 11 is 4.93. The van der Waals surface area contributed by atoms with E-state index in [-0.39, 0.29) is 5.92 Å². The molecule has 0 spiro atoms. The monoisotopic (exact) mass is 170 g/mol. The minimum absolute atomic E-state index is 0.0779. The summed E-state index contributed by atoms with van der Waals surface area (Å²) in [6.07, 6.45) is -1.58. The zero-order valence-electron chi connectivity index (χ0n) is 5.08. The third-order valence-corrected chi connectivity index (χ3v) is 1.62. The van der Waals surface area contributed by atoms with Crippen LogP contribution in [-0.4, -0.2) is 6.18 Å². The van der Waals surface area contributed by atoms with Crippen LogP contribution in [0.15, 0.2) is 11.1 Å². The Labute approximate surface area is 61.7 Å². The van der Waals surface area contributed by atoms with Gasteiger partial charge in [0, 0.05) is 0 Å². The van der Waals surface area contributed by atoms with Gasteiger partial charge in [0.1, 0.15) is 5.03 Å². The van der Waals surface area contributed by atoms with Gasteiger partial charge in [0.2, 0.25) is 0 Å². The van der Waals surface area contributed by atoms with Crippen LogP contribution < -0.4 is 0 Å². The highest BCUT2D eigenvalue weighted by Gasteiger charge is 2.34. The number of rotatable bonds is 1. The lowest BCUT2D eigenvalue weighted by atomic mass is 10.3. The molecule has 0 atom stereocenters. The largest absolute Gasteiger partial charge is 0.426 e. The lowest BCUT2D eigenvalue weighted by molar-refractivity contribution is -0.0848. The van der Waals surface area contributed by atoms with Gasteiger partial charge in [-0.05, 0) is 18.8 Å². The number of hydrogen-bond donors (Lipinski definition) is 0. The second kappa shape index (κ2) is 2.46. The number of hydrogen-bond acceptors (Lipinski definition) is 0. The van der Waals surface area contributed by atoms with E-state index in [9.17, 15) is 13.2 Å². The highest BCUT2D eigenvalue weighted by atomic mass is 35.5. The first-order chi connectivity index (χ1) is 4.50. The first-order valence-corrected chi connectivity index (χ1v) is 3.32. The lowest BCUT2D eigenvalue weighted by Gasteiger charge is -2.02. The standard InChI is InChI=1S/C6H6ClF3/c7-5(6(8,9)10)3-4-1-2-4/h3-4H,1-2H2/b5-3-. The second-order valence-corrected chi connectivity index (χ2v) is 2.76. The van der Waals surface area contributed by atoms with Crippen molar-refractivity contribution >= 4 is 11.6 Å². The fraction of sp³-hybridized carbons (Fsp3) is 0.667. The van der Waals surface area contributed by atoms with Crippen molar-refractivity contribution in [2.45, 2.75) is 19.0 Å². The number of allylic oxidation sites excluding steroid dienone is 2. The van der Waals surface area contributed by atoms with Gasteiger partial charge in [0.25, 0.3) is 0 Å². The quantitative estimate of drug-likeness (QED) is 0.567. The maximum atomic E-state index is 11.6. The van der Waals surface area contributed by atoms with Gasteiger partial charge in [-0.2, -0.15) is 13.2 Å². The fourth-order valence-corrected chi connectivity index (χ4v) is 0.742. The van der Waals surface area contributed by atoms with Crippen LogP contribution in [0.5, 0.6) is 0 Å². The average Bonchev–Trinajstić information content (AvgIpc) is 2.47. The molecular formula is C6H6ClF3. The van der Waals surface area contributed by atoms with Crippen LogP contribution in [0.2, 0.25) is 0 Å². The molecule has 10 heavy (non-hydrogen) atoms. The minimum Gasteiger partial charge on any atom is -0.165 e. The van der Waals surface area contributed by atoms with Gasteiger partial charge >= 0.3 is 6.18 Å². The first kappa shape index (κ1) is 7.92. The summed E-state index contributed by atoms with van der Waals surface area (Å²) in [5.74, 6) is 0.0779. The van der Waals surface area contributed by atoms with Crippen molar-refractivity contribution < 1.29 is 13.2 Å². The van der Waals surface area contributed by atoms with Gasteiger partial charge in [-0.3, -0.25) is 0 Å². The Morgan fingerprint density at radius 2 is 1.90 bits per heavy atom. The molecule has 0 aliphatic heterocycles. The van der Waals surface area contributed by atoms with Gasteiger partial charge in [-0.15, -0.1) is 0 Å². The van der Waals surface area contributed by atoms with E-state index in [0.717, 1.165) is 18.9 Å². The van der Waals surface area contributed by atoms with Crippen LogP contribution in [0.1, 0.15) is 12.8 Å². The normalized spacial score (nSPS) is 21.4. The highest BCUT2D eigenvalue weighted by molar-refractivity contribution is 6.30. The van der Waals surface area contributed by atoms with Gasteiger partial charge in [0.15, 0.2) is 0 Å². The van der Waals surface area contributed by atoms with E-state index < -0.39 is 11.2 Å². The third-order valence-electron chi connectivity index (χ3n) is 1.27. The Morgan fingerprint density at radius 1 is 1.40 bits per heavy atom. The van der Waals surface area contributed by atoms with Gasteiger partial charge in [-0.1, -0.05) is 17.7 Å². The fourth-order valence-electron chi connectivity index (χ4n) is 0.564. The van der Waals surface area contributed by atoms with Gasteiger partial charge < -0.3 is 0 Å². The summed E-state index contributed by atoms with van der Waals surface area (Å²) in [6.45, 7) is 0. The summed E-state index contributed by atoms with van der Waals surface area (Å²) in [6, 6.07) is 0. The van der Waals surface area contributed by atoms with Gasteiger partial charge in [-0.25, -0.2) is 0 Å². The van der Waals surface area contributed by atoms with E-state index in [4.69, 9.17) is 11.6 Å². The molecule has 0 bridgehead atoms. The van der Waals surface area contributed by atoms with Crippen molar-refractivity contribution in [1.82, 2.24) is 0 Å². The molecule has 4 heteroatoms. The SMILES string of the molecule is FC(F)(F)/C(Cl)=C/C1CC1. The maximum absolute atomic E-state index is 11.6. The van der Waals surface area contributed by atoms with Crippen molar-refractivity contribution in [2.75, 3.05) is 0 Å². The Hall–Kier alpha value is -0.180. The molecule has 1 aliphatic carbocycles. The molecule has 0 aromatic heterocycles. The van der Waals surface area contributed by atoms with Crippen LogP contribution >= 0.6 is 11.6 Å². The lowest BCUT2D eigenvalue weighted by Crippen LogP contribution is -2.06. The molecule has 0 amide bonds. The van der Waals surface area contributed by atoms with Crippen molar-refractivity contribution in [3.63, 3.8) is 0 Å². The zero-order valence-corrected chi connectivity index (χ0v) is 5.84. The molecule has 0 radical (unpaired) electrons. The predicted molar refractivity (Wildman–Crippen MR) is 32.7 cm³/mol. The van der Waals surface area contributed by atoms with Crippen LogP contribution in [0.3, 0.4) is 0 Å². The molecule has 0 unspecified atom stereocenters. The third kappa shape index (κ3) is 2.21. The Kier molecular flexibility index (Phi) is 1.95. The van der Waals surface area contributed by atoms with E-state index in [1.165, 1.54) is 0 Å². The van der Waals surface area contributed by atoms with Crippen LogP contribution in [0.4, 0.5) is 13.2 Å². The minimum atomic E-state index is -4.34. The van der Waals surface area contributed by atoms with E-state index in [1.54, 1.807) is 0 Å². The Morgan fingerprint density at radius 3 is 2.20 bits per heavy atom. The molecule has 1 rings (SSSR count). The highest BCUT2D eigenvalue weighted by Crippen LogP contribution is 2.37. The smallest absolute Gasteiger partial charge is 0.165 e. The Balaban J connectivity index is 2.53. The summed E-state index contributed by atoms with van der Waals surface area (Å²) in [4.78, 5) is 0. The number of alkyl halides is 3. The molecule has 0 aromatic carbocycles. The average molecular weight is 171 g/mol. The summed E-state index contributed by atoms with van der Waals surface area (Å²) in [5, 5.41) is -0.977. The van der Waals surface area contributed by atoms with Crippen LogP contribution in [-0.2, 0) is 0 Å². The maximum Gasteiger partial charge on any atom is 0.426 e. The Bertz CT molecular complexity index is 155.